The SMILES string of the molecule is COc1ccc(S(=O)(=O)NCC(=O)N(C)Cc2ccc(Cl)cc2Cl)cc1. The number of ether oxygens (including phenoxy) is 1. The van der Waals surface area contributed by atoms with E-state index in [0.29, 0.717) is 21.4 Å². The smallest absolute Gasteiger partial charge is 0.241 e. The molecule has 0 aliphatic heterocycles. The topological polar surface area (TPSA) is 75.7 Å². The number of rotatable bonds is 7. The van der Waals surface area contributed by atoms with Crippen molar-refractivity contribution < 1.29 is 17.9 Å². The van der Waals surface area contributed by atoms with Gasteiger partial charge >= 0.3 is 0 Å². The summed E-state index contributed by atoms with van der Waals surface area (Å²) < 4.78 is 31.8. The van der Waals surface area contributed by atoms with Gasteiger partial charge in [-0.1, -0.05) is 29.3 Å². The summed E-state index contributed by atoms with van der Waals surface area (Å²) in [6.45, 7) is -0.130. The van der Waals surface area contributed by atoms with Crippen LogP contribution in [-0.4, -0.2) is 39.9 Å². The van der Waals surface area contributed by atoms with E-state index < -0.39 is 15.9 Å². The second-order valence-electron chi connectivity index (χ2n) is 5.49. The Labute approximate surface area is 162 Å². The lowest BCUT2D eigenvalue weighted by Crippen LogP contribution is -2.37. The summed E-state index contributed by atoms with van der Waals surface area (Å²) in [4.78, 5) is 13.6. The van der Waals surface area contributed by atoms with E-state index in [1.807, 2.05) is 0 Å². The van der Waals surface area contributed by atoms with E-state index in [-0.39, 0.29) is 18.0 Å². The Kier molecular flexibility index (Phi) is 6.88. The van der Waals surface area contributed by atoms with Crippen molar-refractivity contribution in [2.24, 2.45) is 0 Å². The number of sulfonamides is 1. The largest absolute Gasteiger partial charge is 0.497 e. The normalized spacial score (nSPS) is 11.2. The van der Waals surface area contributed by atoms with Gasteiger partial charge in [0.05, 0.1) is 18.6 Å². The van der Waals surface area contributed by atoms with Crippen molar-refractivity contribution >= 4 is 39.1 Å². The molecule has 0 spiro atoms. The number of benzene rings is 2. The first-order valence-corrected chi connectivity index (χ1v) is 9.78. The maximum absolute atomic E-state index is 12.3. The van der Waals surface area contributed by atoms with Crippen molar-refractivity contribution in [2.45, 2.75) is 11.4 Å². The molecule has 0 saturated carbocycles. The Bertz CT molecular complexity index is 886. The molecule has 0 aliphatic rings. The van der Waals surface area contributed by atoms with Crippen LogP contribution in [0.1, 0.15) is 5.56 Å². The van der Waals surface area contributed by atoms with Crippen molar-refractivity contribution in [3.05, 3.63) is 58.1 Å². The maximum Gasteiger partial charge on any atom is 0.241 e. The molecule has 1 amide bonds. The van der Waals surface area contributed by atoms with Gasteiger partial charge in [0.25, 0.3) is 0 Å². The lowest BCUT2D eigenvalue weighted by Gasteiger charge is -2.18. The first kappa shape index (κ1) is 20.5. The van der Waals surface area contributed by atoms with Crippen LogP contribution in [0.25, 0.3) is 0 Å². The number of carbonyl (C=O) groups excluding carboxylic acids is 1. The molecule has 0 aromatic heterocycles. The van der Waals surface area contributed by atoms with Gasteiger partial charge in [-0.15, -0.1) is 0 Å². The fraction of sp³-hybridized carbons (Fsp3) is 0.235. The third-order valence-corrected chi connectivity index (χ3v) is 5.64. The van der Waals surface area contributed by atoms with Gasteiger partial charge in [-0.3, -0.25) is 4.79 Å². The van der Waals surface area contributed by atoms with Crippen LogP contribution in [-0.2, 0) is 21.4 Å². The molecule has 0 fully saturated rings. The Morgan fingerprint density at radius 2 is 1.81 bits per heavy atom. The van der Waals surface area contributed by atoms with E-state index in [1.165, 1.54) is 36.3 Å². The second-order valence-corrected chi connectivity index (χ2v) is 8.10. The Hall–Kier alpha value is -1.80. The van der Waals surface area contributed by atoms with Crippen LogP contribution in [0.3, 0.4) is 0 Å². The van der Waals surface area contributed by atoms with Crippen molar-refractivity contribution in [3.8, 4) is 5.75 Å². The summed E-state index contributed by atoms with van der Waals surface area (Å²) in [5.74, 6) is 0.146. The van der Waals surface area contributed by atoms with Crippen LogP contribution in [0.15, 0.2) is 47.4 Å². The highest BCUT2D eigenvalue weighted by Gasteiger charge is 2.18. The van der Waals surface area contributed by atoms with Crippen molar-refractivity contribution in [1.82, 2.24) is 9.62 Å². The summed E-state index contributed by atoms with van der Waals surface area (Å²) in [6, 6.07) is 10.9. The Balaban J connectivity index is 1.97. The number of hydrogen-bond acceptors (Lipinski definition) is 4. The molecule has 0 heterocycles. The van der Waals surface area contributed by atoms with E-state index >= 15 is 0 Å². The monoisotopic (exact) mass is 416 g/mol. The molecule has 0 atom stereocenters. The van der Waals surface area contributed by atoms with Crippen LogP contribution in [0, 0.1) is 0 Å². The summed E-state index contributed by atoms with van der Waals surface area (Å²) in [6.07, 6.45) is 0. The fourth-order valence-electron chi connectivity index (χ4n) is 2.12. The average molecular weight is 417 g/mol. The molecule has 0 saturated heterocycles. The average Bonchev–Trinajstić information content (AvgIpc) is 2.62. The molecular formula is C17H18Cl2N2O4S. The van der Waals surface area contributed by atoms with Crippen molar-refractivity contribution in [2.75, 3.05) is 20.7 Å². The predicted octanol–water partition coefficient (Wildman–Crippen LogP) is 2.94. The van der Waals surface area contributed by atoms with E-state index in [9.17, 15) is 13.2 Å². The van der Waals surface area contributed by atoms with Gasteiger partial charge in [0.2, 0.25) is 15.9 Å². The number of methoxy groups -OCH3 is 1. The zero-order valence-electron chi connectivity index (χ0n) is 14.2. The number of carbonyl (C=O) groups is 1. The van der Waals surface area contributed by atoms with Gasteiger partial charge in [0, 0.05) is 23.6 Å². The highest BCUT2D eigenvalue weighted by atomic mass is 35.5. The first-order chi connectivity index (χ1) is 12.2. The zero-order valence-corrected chi connectivity index (χ0v) is 16.5. The molecule has 0 bridgehead atoms. The van der Waals surface area contributed by atoms with Gasteiger partial charge in [-0.25, -0.2) is 13.1 Å². The quantitative estimate of drug-likeness (QED) is 0.752. The van der Waals surface area contributed by atoms with E-state index in [4.69, 9.17) is 27.9 Å². The Morgan fingerprint density at radius 1 is 1.15 bits per heavy atom. The lowest BCUT2D eigenvalue weighted by atomic mass is 10.2. The summed E-state index contributed by atoms with van der Waals surface area (Å²) in [7, 11) is -0.743. The number of halogens is 2. The molecule has 2 aromatic rings. The summed E-state index contributed by atoms with van der Waals surface area (Å²) in [5, 5.41) is 0.941. The molecule has 140 valence electrons. The van der Waals surface area contributed by atoms with Gasteiger partial charge < -0.3 is 9.64 Å². The minimum absolute atomic E-state index is 0.0505. The molecule has 2 aromatic carbocycles. The van der Waals surface area contributed by atoms with Crippen molar-refractivity contribution in [1.29, 1.82) is 0 Å². The molecule has 1 N–H and O–H groups in total. The minimum Gasteiger partial charge on any atom is -0.497 e. The number of nitrogens with zero attached hydrogens (tertiary/aromatic N) is 1. The van der Waals surface area contributed by atoms with E-state index in [1.54, 1.807) is 25.2 Å². The zero-order chi connectivity index (χ0) is 19.3. The number of hydrogen-bond donors (Lipinski definition) is 1. The third kappa shape index (κ3) is 5.35. The summed E-state index contributed by atoms with van der Waals surface area (Å²) >= 11 is 11.9. The number of likely N-dealkylation sites (N-methyl/N-ethyl adjacent to an activating group) is 1. The highest BCUT2D eigenvalue weighted by Crippen LogP contribution is 2.22. The summed E-state index contributed by atoms with van der Waals surface area (Å²) in [5.41, 5.74) is 0.713. The molecule has 9 heteroatoms. The van der Waals surface area contributed by atoms with Crippen molar-refractivity contribution in [3.63, 3.8) is 0 Å². The van der Waals surface area contributed by atoms with Crippen LogP contribution < -0.4 is 9.46 Å². The van der Waals surface area contributed by atoms with E-state index in [2.05, 4.69) is 4.72 Å². The first-order valence-electron chi connectivity index (χ1n) is 7.54. The van der Waals surface area contributed by atoms with E-state index in [0.717, 1.165) is 0 Å². The van der Waals surface area contributed by atoms with Crippen LogP contribution in [0.5, 0.6) is 5.75 Å². The predicted molar refractivity (Wildman–Crippen MR) is 101 cm³/mol. The maximum atomic E-state index is 12.3. The fourth-order valence-corrected chi connectivity index (χ4v) is 3.57. The lowest BCUT2D eigenvalue weighted by molar-refractivity contribution is -0.129. The molecule has 0 radical (unpaired) electrons. The highest BCUT2D eigenvalue weighted by molar-refractivity contribution is 7.89. The number of amides is 1. The Morgan fingerprint density at radius 3 is 2.38 bits per heavy atom. The molecule has 6 nitrogen and oxygen atoms in total. The molecular weight excluding hydrogens is 399 g/mol. The van der Waals surface area contributed by atoms with Gasteiger partial charge in [-0.05, 0) is 42.0 Å². The van der Waals surface area contributed by atoms with Gasteiger partial charge in [0.15, 0.2) is 0 Å². The van der Waals surface area contributed by atoms with Gasteiger partial charge in [0.1, 0.15) is 5.75 Å². The van der Waals surface area contributed by atoms with Gasteiger partial charge in [-0.2, -0.15) is 0 Å². The molecule has 26 heavy (non-hydrogen) atoms. The third-order valence-electron chi connectivity index (χ3n) is 3.63. The van der Waals surface area contributed by atoms with Crippen LogP contribution in [0.2, 0.25) is 10.0 Å². The molecule has 0 aliphatic carbocycles. The van der Waals surface area contributed by atoms with Crippen LogP contribution >= 0.6 is 23.2 Å². The standard InChI is InChI=1S/C17H18Cl2N2O4S/c1-21(11-12-3-4-13(18)9-16(12)19)17(22)10-20-26(23,24)15-7-5-14(25-2)6-8-15/h3-9,20H,10-11H2,1-2H3. The molecule has 0 unspecified atom stereocenters. The van der Waals surface area contributed by atoms with Crippen LogP contribution in [0.4, 0.5) is 0 Å². The number of nitrogens with one attached hydrogen (secondary N) is 1. The second kappa shape index (κ2) is 8.73. The minimum atomic E-state index is -3.80. The molecule has 2 rings (SSSR count).